The van der Waals surface area contributed by atoms with Crippen molar-refractivity contribution in [3.8, 4) is 5.75 Å². The van der Waals surface area contributed by atoms with Gasteiger partial charge in [0.05, 0.1) is 11.5 Å². The topological polar surface area (TPSA) is 83.9 Å². The lowest BCUT2D eigenvalue weighted by molar-refractivity contribution is -0.137. The van der Waals surface area contributed by atoms with Crippen LogP contribution in [-0.4, -0.2) is 57.4 Å². The minimum Gasteiger partial charge on any atom is -0.494 e. The van der Waals surface area contributed by atoms with E-state index in [1.54, 1.807) is 18.2 Å². The van der Waals surface area contributed by atoms with E-state index in [1.165, 1.54) is 6.07 Å². The number of hydrogen-bond acceptors (Lipinski definition) is 5. The average Bonchev–Trinajstić information content (AvgIpc) is 2.42. The van der Waals surface area contributed by atoms with E-state index in [2.05, 4.69) is 4.90 Å². The Morgan fingerprint density at radius 1 is 1.27 bits per heavy atom. The molecule has 1 rings (SSSR count). The monoisotopic (exact) mass is 329 g/mol. The molecule has 0 atom stereocenters. The fourth-order valence-corrected chi connectivity index (χ4v) is 2.59. The fraction of sp³-hybridized carbons (Fsp3) is 0.533. The first kappa shape index (κ1) is 18.4. The molecule has 0 saturated heterocycles. The van der Waals surface area contributed by atoms with Crippen molar-refractivity contribution in [1.29, 1.82) is 0 Å². The number of carboxylic acids is 1. The predicted molar refractivity (Wildman–Crippen MR) is 84.0 cm³/mol. The highest BCUT2D eigenvalue weighted by molar-refractivity contribution is 7.90. The van der Waals surface area contributed by atoms with Gasteiger partial charge in [0.25, 0.3) is 0 Å². The maximum absolute atomic E-state index is 11.4. The van der Waals surface area contributed by atoms with Crippen molar-refractivity contribution in [1.82, 2.24) is 4.90 Å². The van der Waals surface area contributed by atoms with E-state index in [0.29, 0.717) is 18.8 Å². The van der Waals surface area contributed by atoms with Gasteiger partial charge in [0.2, 0.25) is 0 Å². The molecule has 0 aliphatic carbocycles. The average molecular weight is 329 g/mol. The smallest absolute Gasteiger partial charge is 0.303 e. The molecule has 0 fully saturated rings. The molecule has 0 aromatic heterocycles. The van der Waals surface area contributed by atoms with Gasteiger partial charge in [0.1, 0.15) is 5.75 Å². The van der Waals surface area contributed by atoms with Crippen molar-refractivity contribution in [2.24, 2.45) is 0 Å². The molecule has 0 amide bonds. The van der Waals surface area contributed by atoms with Gasteiger partial charge in [0, 0.05) is 19.2 Å². The van der Waals surface area contributed by atoms with E-state index < -0.39 is 15.8 Å². The highest BCUT2D eigenvalue weighted by Crippen LogP contribution is 2.17. The van der Waals surface area contributed by atoms with Gasteiger partial charge in [-0.25, -0.2) is 8.42 Å². The molecule has 22 heavy (non-hydrogen) atoms. The maximum atomic E-state index is 11.4. The summed E-state index contributed by atoms with van der Waals surface area (Å²) in [7, 11) is -1.29. The van der Waals surface area contributed by atoms with Gasteiger partial charge in [-0.05, 0) is 44.6 Å². The summed E-state index contributed by atoms with van der Waals surface area (Å²) in [5, 5.41) is 8.56. The van der Waals surface area contributed by atoms with Crippen LogP contribution in [0.25, 0.3) is 0 Å². The molecule has 6 nitrogen and oxygen atoms in total. The second-order valence-corrected chi connectivity index (χ2v) is 7.27. The van der Waals surface area contributed by atoms with Crippen molar-refractivity contribution >= 4 is 15.8 Å². The Hall–Kier alpha value is -1.60. The quantitative estimate of drug-likeness (QED) is 0.657. The Labute approximate surface area is 131 Å². The van der Waals surface area contributed by atoms with Crippen LogP contribution in [0.15, 0.2) is 29.2 Å². The van der Waals surface area contributed by atoms with Gasteiger partial charge in [-0.15, -0.1) is 0 Å². The van der Waals surface area contributed by atoms with Crippen molar-refractivity contribution in [3.05, 3.63) is 24.3 Å². The summed E-state index contributed by atoms with van der Waals surface area (Å²) in [5.41, 5.74) is 0. The first-order chi connectivity index (χ1) is 10.3. The maximum Gasteiger partial charge on any atom is 0.303 e. The third-order valence-corrected chi connectivity index (χ3v) is 4.23. The standard InChI is InChI=1S/C15H23NO5S/c1-16(9-4-8-15(17)18)10-5-11-21-13-6-3-7-14(12-13)22(2,19)20/h3,6-7,12H,4-5,8-11H2,1-2H3,(H,17,18). The molecule has 0 spiro atoms. The van der Waals surface area contributed by atoms with Gasteiger partial charge in [-0.3, -0.25) is 4.79 Å². The molecule has 0 aliphatic rings. The molecule has 0 unspecified atom stereocenters. The normalized spacial score (nSPS) is 11.6. The van der Waals surface area contributed by atoms with Crippen molar-refractivity contribution in [2.45, 2.75) is 24.2 Å². The van der Waals surface area contributed by atoms with Crippen LogP contribution in [0, 0.1) is 0 Å². The van der Waals surface area contributed by atoms with Crippen LogP contribution in [-0.2, 0) is 14.6 Å². The van der Waals surface area contributed by atoms with E-state index in [4.69, 9.17) is 9.84 Å². The van der Waals surface area contributed by atoms with Crippen LogP contribution in [0.2, 0.25) is 0 Å². The van der Waals surface area contributed by atoms with E-state index in [-0.39, 0.29) is 11.3 Å². The van der Waals surface area contributed by atoms with Crippen LogP contribution < -0.4 is 4.74 Å². The summed E-state index contributed by atoms with van der Waals surface area (Å²) >= 11 is 0. The van der Waals surface area contributed by atoms with Gasteiger partial charge < -0.3 is 14.7 Å². The van der Waals surface area contributed by atoms with Gasteiger partial charge in [-0.2, -0.15) is 0 Å². The van der Waals surface area contributed by atoms with Gasteiger partial charge >= 0.3 is 5.97 Å². The molecule has 0 bridgehead atoms. The molecular formula is C15H23NO5S. The Kier molecular flexibility index (Phi) is 7.34. The summed E-state index contributed by atoms with van der Waals surface area (Å²) < 4.78 is 28.4. The summed E-state index contributed by atoms with van der Waals surface area (Å²) in [6.45, 7) is 2.01. The largest absolute Gasteiger partial charge is 0.494 e. The van der Waals surface area contributed by atoms with Crippen LogP contribution in [0.4, 0.5) is 0 Å². The first-order valence-corrected chi connectivity index (χ1v) is 9.01. The zero-order valence-electron chi connectivity index (χ0n) is 13.0. The molecule has 0 heterocycles. The molecule has 0 radical (unpaired) electrons. The zero-order chi connectivity index (χ0) is 16.6. The number of ether oxygens (including phenoxy) is 1. The summed E-state index contributed by atoms with van der Waals surface area (Å²) in [4.78, 5) is 12.7. The van der Waals surface area contributed by atoms with Crippen molar-refractivity contribution in [2.75, 3.05) is 33.0 Å². The summed E-state index contributed by atoms with van der Waals surface area (Å²) in [6, 6.07) is 6.44. The number of carbonyl (C=O) groups is 1. The van der Waals surface area contributed by atoms with Gasteiger partial charge in [-0.1, -0.05) is 6.07 Å². The Morgan fingerprint density at radius 3 is 2.59 bits per heavy atom. The number of benzene rings is 1. The van der Waals surface area contributed by atoms with Gasteiger partial charge in [0.15, 0.2) is 9.84 Å². The van der Waals surface area contributed by atoms with E-state index in [9.17, 15) is 13.2 Å². The fourth-order valence-electron chi connectivity index (χ4n) is 1.93. The minimum atomic E-state index is -3.22. The lowest BCUT2D eigenvalue weighted by Gasteiger charge is -2.16. The SMILES string of the molecule is CN(CCCOc1cccc(S(C)(=O)=O)c1)CCCC(=O)O. The first-order valence-electron chi connectivity index (χ1n) is 7.12. The number of nitrogens with zero attached hydrogens (tertiary/aromatic N) is 1. The predicted octanol–water partition coefficient (Wildman–Crippen LogP) is 1.66. The lowest BCUT2D eigenvalue weighted by Crippen LogP contribution is -2.23. The highest BCUT2D eigenvalue weighted by Gasteiger charge is 2.08. The highest BCUT2D eigenvalue weighted by atomic mass is 32.2. The molecule has 1 N–H and O–H groups in total. The second kappa shape index (κ2) is 8.75. The zero-order valence-corrected chi connectivity index (χ0v) is 13.8. The lowest BCUT2D eigenvalue weighted by atomic mass is 10.3. The minimum absolute atomic E-state index is 0.180. The Balaban J connectivity index is 2.29. The Bertz CT molecular complexity index is 585. The van der Waals surface area contributed by atoms with Crippen molar-refractivity contribution < 1.29 is 23.1 Å². The second-order valence-electron chi connectivity index (χ2n) is 5.25. The molecule has 0 aliphatic heterocycles. The van der Waals surface area contributed by atoms with Crippen LogP contribution in [0.3, 0.4) is 0 Å². The number of sulfone groups is 1. The third kappa shape index (κ3) is 7.42. The van der Waals surface area contributed by atoms with Crippen molar-refractivity contribution in [3.63, 3.8) is 0 Å². The van der Waals surface area contributed by atoms with Crippen LogP contribution in [0.5, 0.6) is 5.75 Å². The van der Waals surface area contributed by atoms with E-state index >= 15 is 0 Å². The molecular weight excluding hydrogens is 306 g/mol. The summed E-state index contributed by atoms with van der Waals surface area (Å²) in [5.74, 6) is -0.237. The van der Waals surface area contributed by atoms with E-state index in [1.807, 2.05) is 7.05 Å². The van der Waals surface area contributed by atoms with Crippen LogP contribution >= 0.6 is 0 Å². The molecule has 124 valence electrons. The number of hydrogen-bond donors (Lipinski definition) is 1. The third-order valence-electron chi connectivity index (χ3n) is 3.12. The molecule has 7 heteroatoms. The molecule has 1 aromatic carbocycles. The van der Waals surface area contributed by atoms with E-state index in [0.717, 1.165) is 25.8 Å². The Morgan fingerprint density at radius 2 is 1.95 bits per heavy atom. The molecule has 1 aromatic rings. The number of carboxylic acid groups (broad SMARTS) is 1. The molecule has 0 saturated carbocycles. The van der Waals surface area contributed by atoms with Crippen LogP contribution in [0.1, 0.15) is 19.3 Å². The number of rotatable bonds is 10. The summed E-state index contributed by atoms with van der Waals surface area (Å²) in [6.07, 6.45) is 2.76. The number of aliphatic carboxylic acids is 1.